The number of benzene rings is 2. The van der Waals surface area contributed by atoms with Gasteiger partial charge < -0.3 is 15.2 Å². The molecule has 146 valence electrons. The molecular weight excluding hydrogens is 387 g/mol. The van der Waals surface area contributed by atoms with E-state index in [2.05, 4.69) is 20.0 Å². The summed E-state index contributed by atoms with van der Waals surface area (Å²) in [5, 5.41) is 14.5. The minimum atomic E-state index is -4.76. The van der Waals surface area contributed by atoms with Crippen LogP contribution in [0.5, 0.6) is 5.75 Å². The largest absolute Gasteiger partial charge is 0.573 e. The second kappa shape index (κ2) is 6.93. The van der Waals surface area contributed by atoms with Crippen molar-refractivity contribution in [1.29, 1.82) is 0 Å². The topological polar surface area (TPSA) is 84.3 Å². The second-order valence-corrected chi connectivity index (χ2v) is 6.12. The highest BCUT2D eigenvalue weighted by molar-refractivity contribution is 6.11. The Kier molecular flexibility index (Phi) is 4.42. The molecule has 6 nitrogen and oxygen atoms in total. The zero-order valence-electron chi connectivity index (χ0n) is 14.6. The van der Waals surface area contributed by atoms with Gasteiger partial charge in [-0.1, -0.05) is 6.07 Å². The summed E-state index contributed by atoms with van der Waals surface area (Å²) < 4.78 is 40.8. The Hall–Kier alpha value is -3.88. The molecule has 0 spiro atoms. The van der Waals surface area contributed by atoms with Gasteiger partial charge in [-0.25, -0.2) is 9.78 Å². The van der Waals surface area contributed by atoms with Crippen molar-refractivity contribution in [2.75, 3.05) is 5.32 Å². The number of carbonyl (C=O) groups is 1. The Morgan fingerprint density at radius 1 is 1.00 bits per heavy atom. The van der Waals surface area contributed by atoms with Crippen LogP contribution in [-0.4, -0.2) is 27.4 Å². The van der Waals surface area contributed by atoms with E-state index in [1.165, 1.54) is 36.4 Å². The number of carboxylic acid groups (broad SMARTS) is 1. The van der Waals surface area contributed by atoms with E-state index in [0.29, 0.717) is 17.0 Å². The molecule has 4 aromatic rings. The summed E-state index contributed by atoms with van der Waals surface area (Å²) in [5.41, 5.74) is 1.02. The molecule has 4 rings (SSSR count). The summed E-state index contributed by atoms with van der Waals surface area (Å²) in [6, 6.07) is 11.6. The van der Waals surface area contributed by atoms with E-state index in [9.17, 15) is 23.1 Å². The lowest BCUT2D eigenvalue weighted by atomic mass is 10.1. The first-order chi connectivity index (χ1) is 13.8. The molecule has 2 aromatic carbocycles. The van der Waals surface area contributed by atoms with Crippen LogP contribution in [0.4, 0.5) is 24.7 Å². The molecule has 0 aliphatic rings. The smallest absolute Gasteiger partial charge is 0.478 e. The van der Waals surface area contributed by atoms with E-state index >= 15 is 0 Å². The zero-order valence-corrected chi connectivity index (χ0v) is 14.6. The molecule has 29 heavy (non-hydrogen) atoms. The Labute approximate surface area is 161 Å². The van der Waals surface area contributed by atoms with Gasteiger partial charge in [0.2, 0.25) is 0 Å². The summed E-state index contributed by atoms with van der Waals surface area (Å²) in [6.07, 6.45) is -1.53. The highest BCUT2D eigenvalue weighted by Crippen LogP contribution is 2.32. The first-order valence-corrected chi connectivity index (χ1v) is 8.34. The monoisotopic (exact) mass is 399 g/mol. The average molecular weight is 399 g/mol. The third-order valence-electron chi connectivity index (χ3n) is 4.19. The van der Waals surface area contributed by atoms with Crippen LogP contribution in [0.3, 0.4) is 0 Å². The van der Waals surface area contributed by atoms with Crippen LogP contribution in [0.25, 0.3) is 21.7 Å². The molecule has 0 radical (unpaired) electrons. The van der Waals surface area contributed by atoms with Gasteiger partial charge in [-0.3, -0.25) is 4.98 Å². The van der Waals surface area contributed by atoms with E-state index in [-0.39, 0.29) is 11.3 Å². The maximum absolute atomic E-state index is 12.3. The van der Waals surface area contributed by atoms with Gasteiger partial charge in [0.15, 0.2) is 0 Å². The van der Waals surface area contributed by atoms with Crippen molar-refractivity contribution in [1.82, 2.24) is 9.97 Å². The number of nitrogens with zero attached hydrogens (tertiary/aromatic N) is 2. The number of fused-ring (bicyclic) bond motifs is 3. The Morgan fingerprint density at radius 2 is 1.76 bits per heavy atom. The minimum absolute atomic E-state index is 0.0906. The van der Waals surface area contributed by atoms with Crippen molar-refractivity contribution in [2.24, 2.45) is 0 Å². The number of anilines is 2. The number of aromatic nitrogens is 2. The van der Waals surface area contributed by atoms with Gasteiger partial charge in [-0.2, -0.15) is 0 Å². The molecule has 0 unspecified atom stereocenters. The number of alkyl halides is 3. The molecule has 0 saturated heterocycles. The third kappa shape index (κ3) is 3.88. The number of aromatic carboxylic acids is 1. The lowest BCUT2D eigenvalue weighted by Gasteiger charge is -2.13. The van der Waals surface area contributed by atoms with Crippen LogP contribution < -0.4 is 10.1 Å². The zero-order chi connectivity index (χ0) is 20.6. The molecule has 0 amide bonds. The summed E-state index contributed by atoms with van der Waals surface area (Å²) in [4.78, 5) is 19.9. The number of carboxylic acids is 1. The van der Waals surface area contributed by atoms with Crippen molar-refractivity contribution >= 4 is 39.1 Å². The summed E-state index contributed by atoms with van der Waals surface area (Å²) in [5.74, 6) is -0.994. The summed E-state index contributed by atoms with van der Waals surface area (Å²) in [6.45, 7) is 0. The van der Waals surface area contributed by atoms with E-state index in [0.717, 1.165) is 16.2 Å². The van der Waals surface area contributed by atoms with Crippen molar-refractivity contribution in [3.63, 3.8) is 0 Å². The van der Waals surface area contributed by atoms with Gasteiger partial charge in [-0.15, -0.1) is 13.2 Å². The van der Waals surface area contributed by atoms with Gasteiger partial charge >= 0.3 is 12.3 Å². The van der Waals surface area contributed by atoms with Crippen LogP contribution >= 0.6 is 0 Å². The summed E-state index contributed by atoms with van der Waals surface area (Å²) in [7, 11) is 0. The van der Waals surface area contributed by atoms with Gasteiger partial charge in [0, 0.05) is 34.2 Å². The van der Waals surface area contributed by atoms with Crippen molar-refractivity contribution in [3.05, 3.63) is 66.5 Å². The third-order valence-corrected chi connectivity index (χ3v) is 4.19. The van der Waals surface area contributed by atoms with E-state index in [4.69, 9.17) is 0 Å². The normalized spacial score (nSPS) is 11.6. The number of hydrogen-bond acceptors (Lipinski definition) is 5. The second-order valence-electron chi connectivity index (χ2n) is 6.12. The van der Waals surface area contributed by atoms with Gasteiger partial charge in [0.05, 0.1) is 11.1 Å². The molecule has 0 saturated carbocycles. The van der Waals surface area contributed by atoms with Gasteiger partial charge in [-0.05, 0) is 42.5 Å². The van der Waals surface area contributed by atoms with Crippen molar-refractivity contribution in [2.45, 2.75) is 6.36 Å². The number of ether oxygens (including phenoxy) is 1. The van der Waals surface area contributed by atoms with Crippen LogP contribution in [0.2, 0.25) is 0 Å². The number of nitrogens with one attached hydrogen (secondary N) is 1. The maximum atomic E-state index is 12.3. The predicted octanol–water partition coefficient (Wildman–Crippen LogP) is 5.12. The van der Waals surface area contributed by atoms with E-state index in [1.807, 2.05) is 0 Å². The summed E-state index contributed by atoms with van der Waals surface area (Å²) >= 11 is 0. The first kappa shape index (κ1) is 18.5. The quantitative estimate of drug-likeness (QED) is 0.463. The maximum Gasteiger partial charge on any atom is 0.573 e. The molecule has 0 bridgehead atoms. The predicted molar refractivity (Wildman–Crippen MR) is 100 cm³/mol. The molecule has 9 heteroatoms. The molecule has 0 fully saturated rings. The van der Waals surface area contributed by atoms with E-state index in [1.54, 1.807) is 24.5 Å². The molecule has 0 atom stereocenters. The van der Waals surface area contributed by atoms with Crippen molar-refractivity contribution < 1.29 is 27.8 Å². The number of halogens is 3. The lowest BCUT2D eigenvalue weighted by Crippen LogP contribution is -2.16. The standard InChI is InChI=1S/C20H12F3N3O3/c21-20(22,23)29-13-4-2-12(3-5-13)25-18-15-7-8-24-10-16(15)14-6-1-11(19(27)28)9-17(14)26-18/h1-10H,(H,25,26)(H,27,28). The highest BCUT2D eigenvalue weighted by Gasteiger charge is 2.30. The fourth-order valence-corrected chi connectivity index (χ4v) is 2.95. The van der Waals surface area contributed by atoms with Gasteiger partial charge in [0.25, 0.3) is 0 Å². The highest BCUT2D eigenvalue weighted by atomic mass is 19.4. The van der Waals surface area contributed by atoms with Gasteiger partial charge in [0.1, 0.15) is 11.6 Å². The molecule has 0 aliphatic carbocycles. The Bertz CT molecular complexity index is 1220. The molecule has 2 heterocycles. The molecule has 2 N–H and O–H groups in total. The first-order valence-electron chi connectivity index (χ1n) is 8.34. The fraction of sp³-hybridized carbons (Fsp3) is 0.0500. The number of rotatable bonds is 4. The Balaban J connectivity index is 1.76. The number of hydrogen-bond donors (Lipinski definition) is 2. The molecule has 2 aromatic heterocycles. The van der Waals surface area contributed by atoms with Crippen LogP contribution in [0.15, 0.2) is 60.9 Å². The van der Waals surface area contributed by atoms with Crippen LogP contribution in [0.1, 0.15) is 10.4 Å². The van der Waals surface area contributed by atoms with Crippen LogP contribution in [-0.2, 0) is 0 Å². The molecular formula is C20H12F3N3O3. The van der Waals surface area contributed by atoms with Crippen molar-refractivity contribution in [3.8, 4) is 5.75 Å². The lowest BCUT2D eigenvalue weighted by molar-refractivity contribution is -0.274. The Morgan fingerprint density at radius 3 is 2.45 bits per heavy atom. The SMILES string of the molecule is O=C(O)c1ccc2c(c1)nc(Nc1ccc(OC(F)(F)F)cc1)c1ccncc12. The average Bonchev–Trinajstić information content (AvgIpc) is 2.68. The molecule has 0 aliphatic heterocycles. The van der Waals surface area contributed by atoms with E-state index < -0.39 is 12.3 Å². The van der Waals surface area contributed by atoms with Crippen LogP contribution in [0, 0.1) is 0 Å². The minimum Gasteiger partial charge on any atom is -0.478 e. The number of pyridine rings is 2. The fourth-order valence-electron chi connectivity index (χ4n) is 2.95.